The average Bonchev–Trinajstić information content (AvgIpc) is 2.85. The zero-order chi connectivity index (χ0) is 23.5. The number of hydrogen-bond donors (Lipinski definition) is 1. The number of esters is 1. The number of allylic oxidation sites excluding steroid dienone is 1. The van der Waals surface area contributed by atoms with Crippen LogP contribution in [0.3, 0.4) is 0 Å². The summed E-state index contributed by atoms with van der Waals surface area (Å²) in [6.45, 7) is 6.41. The molecule has 1 saturated heterocycles. The van der Waals surface area contributed by atoms with Crippen LogP contribution in [0.4, 0.5) is 5.69 Å². The van der Waals surface area contributed by atoms with E-state index in [1.807, 2.05) is 18.2 Å². The maximum Gasteiger partial charge on any atom is 0.338 e. The van der Waals surface area contributed by atoms with E-state index in [1.165, 1.54) is 24.9 Å². The van der Waals surface area contributed by atoms with Crippen LogP contribution in [0.15, 0.2) is 54.6 Å². The van der Waals surface area contributed by atoms with Crippen molar-refractivity contribution < 1.29 is 14.3 Å². The topological polar surface area (TPSA) is 58.6 Å². The van der Waals surface area contributed by atoms with Crippen LogP contribution in [0, 0.1) is 0 Å². The van der Waals surface area contributed by atoms with Gasteiger partial charge in [-0.3, -0.25) is 4.79 Å². The van der Waals surface area contributed by atoms with Crippen LogP contribution >= 0.6 is 0 Å². The molecule has 5 nitrogen and oxygen atoms in total. The van der Waals surface area contributed by atoms with Crippen molar-refractivity contribution in [2.24, 2.45) is 0 Å². The Kier molecular flexibility index (Phi) is 9.55. The molecule has 33 heavy (non-hydrogen) atoms. The first kappa shape index (κ1) is 24.6. The number of unbranched alkanes of at least 4 members (excludes halogenated alkanes) is 2. The van der Waals surface area contributed by atoms with E-state index in [1.54, 1.807) is 19.1 Å². The van der Waals surface area contributed by atoms with Gasteiger partial charge in [-0.2, -0.15) is 0 Å². The molecule has 2 aromatic carbocycles. The van der Waals surface area contributed by atoms with Crippen molar-refractivity contribution >= 4 is 23.3 Å². The van der Waals surface area contributed by atoms with Gasteiger partial charge in [-0.1, -0.05) is 49.8 Å². The molecule has 0 atom stereocenters. The molecule has 3 rings (SSSR count). The summed E-state index contributed by atoms with van der Waals surface area (Å²) in [4.78, 5) is 27.3. The predicted octanol–water partition coefficient (Wildman–Crippen LogP) is 5.74. The van der Waals surface area contributed by atoms with E-state index in [0.717, 1.165) is 49.2 Å². The molecule has 1 aliphatic rings. The standard InChI is InChI=1S/C28H36N2O3/c1-3-5-7-13-25(24-12-8-9-14-26(24)30-19-10-6-11-20-30)29-27(31)21-22-15-17-23(18-16-22)28(32)33-4-2/h8-9,12-18H,3-7,10-11,19-21H2,1-2H3,(H,29,31)/b25-13-. The number of carbonyl (C=O) groups excluding carboxylic acids is 2. The minimum absolute atomic E-state index is 0.0601. The number of benzene rings is 2. The van der Waals surface area contributed by atoms with Crippen LogP contribution in [0.25, 0.3) is 5.70 Å². The number of carbonyl (C=O) groups is 2. The largest absolute Gasteiger partial charge is 0.462 e. The van der Waals surface area contributed by atoms with Crippen LogP contribution < -0.4 is 10.2 Å². The summed E-state index contributed by atoms with van der Waals surface area (Å²) in [7, 11) is 0. The number of nitrogens with zero attached hydrogens (tertiary/aromatic N) is 1. The van der Waals surface area contributed by atoms with Gasteiger partial charge in [0.25, 0.3) is 0 Å². The predicted molar refractivity (Wildman–Crippen MR) is 134 cm³/mol. The SMILES string of the molecule is CCCC/C=C(\NC(=O)Cc1ccc(C(=O)OCC)cc1)c1ccccc1N1CCCCC1. The van der Waals surface area contributed by atoms with E-state index in [9.17, 15) is 9.59 Å². The zero-order valence-corrected chi connectivity index (χ0v) is 19.9. The van der Waals surface area contributed by atoms with Crippen molar-refractivity contribution in [2.45, 2.75) is 58.8 Å². The van der Waals surface area contributed by atoms with Gasteiger partial charge in [-0.05, 0) is 62.8 Å². The monoisotopic (exact) mass is 448 g/mol. The number of piperidine rings is 1. The number of ether oxygens (including phenoxy) is 1. The Hall–Kier alpha value is -3.08. The van der Waals surface area contributed by atoms with Crippen LogP contribution in [0.2, 0.25) is 0 Å². The third kappa shape index (κ3) is 7.21. The molecule has 0 aliphatic carbocycles. The molecule has 0 bridgehead atoms. The Morgan fingerprint density at radius 1 is 1.00 bits per heavy atom. The fourth-order valence-corrected chi connectivity index (χ4v) is 4.14. The van der Waals surface area contributed by atoms with Crippen molar-refractivity contribution in [3.8, 4) is 0 Å². The van der Waals surface area contributed by atoms with Gasteiger partial charge < -0.3 is 15.0 Å². The highest BCUT2D eigenvalue weighted by atomic mass is 16.5. The molecule has 5 heteroatoms. The maximum atomic E-state index is 13.0. The number of anilines is 1. The normalized spacial score (nSPS) is 14.1. The van der Waals surface area contributed by atoms with Gasteiger partial charge in [-0.25, -0.2) is 4.79 Å². The van der Waals surface area contributed by atoms with E-state index in [4.69, 9.17) is 4.74 Å². The molecule has 1 N–H and O–H groups in total. The molecular formula is C28H36N2O3. The summed E-state index contributed by atoms with van der Waals surface area (Å²) in [6, 6.07) is 15.4. The highest BCUT2D eigenvalue weighted by molar-refractivity contribution is 5.91. The molecule has 2 aromatic rings. The molecule has 1 fully saturated rings. The average molecular weight is 449 g/mol. The number of para-hydroxylation sites is 1. The lowest BCUT2D eigenvalue weighted by molar-refractivity contribution is -0.119. The molecule has 1 heterocycles. The van der Waals surface area contributed by atoms with E-state index in [0.29, 0.717) is 12.2 Å². The molecule has 0 unspecified atom stereocenters. The van der Waals surface area contributed by atoms with Gasteiger partial charge >= 0.3 is 5.97 Å². The summed E-state index contributed by atoms with van der Waals surface area (Å²) in [5, 5.41) is 3.18. The first-order valence-electron chi connectivity index (χ1n) is 12.2. The highest BCUT2D eigenvalue weighted by Gasteiger charge is 2.18. The minimum atomic E-state index is -0.344. The fourth-order valence-electron chi connectivity index (χ4n) is 4.14. The third-order valence-electron chi connectivity index (χ3n) is 5.90. The molecular weight excluding hydrogens is 412 g/mol. The van der Waals surface area contributed by atoms with Crippen molar-refractivity contribution in [3.63, 3.8) is 0 Å². The minimum Gasteiger partial charge on any atom is -0.462 e. The molecule has 1 aliphatic heterocycles. The Morgan fingerprint density at radius 3 is 2.42 bits per heavy atom. The van der Waals surface area contributed by atoms with Gasteiger partial charge in [0.05, 0.1) is 18.6 Å². The summed E-state index contributed by atoms with van der Waals surface area (Å²) < 4.78 is 5.03. The number of amides is 1. The van der Waals surface area contributed by atoms with Crippen molar-refractivity contribution in [1.29, 1.82) is 0 Å². The fraction of sp³-hybridized carbons (Fsp3) is 0.429. The lowest BCUT2D eigenvalue weighted by Crippen LogP contribution is -2.31. The Morgan fingerprint density at radius 2 is 1.73 bits per heavy atom. The van der Waals surface area contributed by atoms with Crippen molar-refractivity contribution in [3.05, 3.63) is 71.3 Å². The molecule has 0 aromatic heterocycles. The maximum absolute atomic E-state index is 13.0. The molecule has 0 saturated carbocycles. The Balaban J connectivity index is 1.75. The van der Waals surface area contributed by atoms with Crippen molar-refractivity contribution in [1.82, 2.24) is 5.32 Å². The van der Waals surface area contributed by atoms with Crippen molar-refractivity contribution in [2.75, 3.05) is 24.6 Å². The number of rotatable bonds is 10. The van der Waals surface area contributed by atoms with E-state index >= 15 is 0 Å². The second-order valence-electron chi connectivity index (χ2n) is 8.47. The van der Waals surface area contributed by atoms with Crippen LogP contribution in [0.1, 0.15) is 73.9 Å². The van der Waals surface area contributed by atoms with Gasteiger partial charge in [0.1, 0.15) is 0 Å². The van der Waals surface area contributed by atoms with Gasteiger partial charge in [0, 0.05) is 30.0 Å². The molecule has 1 amide bonds. The number of hydrogen-bond acceptors (Lipinski definition) is 4. The van der Waals surface area contributed by atoms with E-state index in [2.05, 4.69) is 41.4 Å². The van der Waals surface area contributed by atoms with E-state index in [-0.39, 0.29) is 18.3 Å². The summed E-state index contributed by atoms with van der Waals surface area (Å²) in [5.41, 5.74) is 4.52. The summed E-state index contributed by atoms with van der Waals surface area (Å²) in [5.74, 6) is -0.404. The lowest BCUT2D eigenvalue weighted by Gasteiger charge is -2.31. The quantitative estimate of drug-likeness (QED) is 0.372. The molecule has 0 spiro atoms. The van der Waals surface area contributed by atoms with Gasteiger partial charge in [0.2, 0.25) is 5.91 Å². The number of nitrogens with one attached hydrogen (secondary N) is 1. The molecule has 0 radical (unpaired) electrons. The van der Waals surface area contributed by atoms with Crippen LogP contribution in [-0.4, -0.2) is 31.6 Å². The van der Waals surface area contributed by atoms with Gasteiger partial charge in [0.15, 0.2) is 0 Å². The smallest absolute Gasteiger partial charge is 0.338 e. The lowest BCUT2D eigenvalue weighted by atomic mass is 10.0. The first-order chi connectivity index (χ1) is 16.1. The zero-order valence-electron chi connectivity index (χ0n) is 19.9. The van der Waals surface area contributed by atoms with Crippen LogP contribution in [-0.2, 0) is 16.0 Å². The summed E-state index contributed by atoms with van der Waals surface area (Å²) in [6.07, 6.45) is 9.22. The Labute approximate surface area is 197 Å². The van der Waals surface area contributed by atoms with Crippen LogP contribution in [0.5, 0.6) is 0 Å². The van der Waals surface area contributed by atoms with E-state index < -0.39 is 0 Å². The summed E-state index contributed by atoms with van der Waals surface area (Å²) >= 11 is 0. The van der Waals surface area contributed by atoms with Gasteiger partial charge in [-0.15, -0.1) is 0 Å². The first-order valence-corrected chi connectivity index (χ1v) is 12.2. The third-order valence-corrected chi connectivity index (χ3v) is 5.90. The second-order valence-corrected chi connectivity index (χ2v) is 8.47. The second kappa shape index (κ2) is 12.8. The molecule has 176 valence electrons. The highest BCUT2D eigenvalue weighted by Crippen LogP contribution is 2.29. The Bertz CT molecular complexity index is 944.